The maximum absolute atomic E-state index is 10.1. The molecule has 218 valence electrons. The number of carbonyl (C=O) groups is 3. The van der Waals surface area contributed by atoms with E-state index in [4.69, 9.17) is 65.0 Å². The minimum Gasteiger partial charge on any atom is -0.480 e. The SMILES string of the molecule is NCCCC[C@H](N)C(=O)O.NCCCC[C@H](N)C(=O)O.NCCCC[C@H](N)C(=O)O.OCC(O)CO. The lowest BCUT2D eigenvalue weighted by Crippen LogP contribution is -2.29. The number of unbranched alkanes of at least 4 members (excludes halogenated alkanes) is 3. The van der Waals surface area contributed by atoms with Gasteiger partial charge in [-0.1, -0.05) is 19.3 Å². The molecule has 0 unspecified atom stereocenters. The highest BCUT2D eigenvalue weighted by molar-refractivity contribution is 5.73. The molecular formula is C21H50N6O9. The zero-order valence-electron chi connectivity index (χ0n) is 21.1. The molecule has 15 nitrogen and oxygen atoms in total. The molecule has 0 aromatic heterocycles. The van der Waals surface area contributed by atoms with Crippen molar-refractivity contribution in [3.05, 3.63) is 0 Å². The maximum Gasteiger partial charge on any atom is 0.320 e. The van der Waals surface area contributed by atoms with E-state index in [9.17, 15) is 14.4 Å². The zero-order chi connectivity index (χ0) is 28.9. The predicted octanol–water partition coefficient (Wildman–Crippen LogP) is -3.09. The molecule has 0 bridgehead atoms. The van der Waals surface area contributed by atoms with Gasteiger partial charge in [-0.25, -0.2) is 0 Å². The summed E-state index contributed by atoms with van der Waals surface area (Å²) in [6, 6.07) is -2.15. The number of hydrogen-bond acceptors (Lipinski definition) is 12. The van der Waals surface area contributed by atoms with Crippen molar-refractivity contribution in [2.45, 2.75) is 82.0 Å². The smallest absolute Gasteiger partial charge is 0.320 e. The van der Waals surface area contributed by atoms with Gasteiger partial charge in [0.1, 0.15) is 24.2 Å². The molecule has 0 spiro atoms. The lowest BCUT2D eigenvalue weighted by atomic mass is 10.1. The van der Waals surface area contributed by atoms with E-state index >= 15 is 0 Å². The summed E-state index contributed by atoms with van der Waals surface area (Å²) in [5, 5.41) is 49.0. The van der Waals surface area contributed by atoms with E-state index in [0.717, 1.165) is 38.5 Å². The van der Waals surface area contributed by atoms with E-state index < -0.39 is 42.1 Å². The van der Waals surface area contributed by atoms with E-state index in [1.54, 1.807) is 0 Å². The standard InChI is InChI=1S/3C6H14N2O2.C3H8O3/c3*7-4-2-1-3-5(8)6(9)10;4-1-3(6)2-5/h3*5H,1-4,7-8H2,(H,9,10);3-6H,1-2H2/t3*5-;/m000./s1. The highest BCUT2D eigenvalue weighted by atomic mass is 16.4. The fourth-order valence-corrected chi connectivity index (χ4v) is 1.95. The average Bonchev–Trinajstić information content (AvgIpc) is 2.84. The number of nitrogens with two attached hydrogens (primary N) is 6. The first-order valence-electron chi connectivity index (χ1n) is 11.8. The van der Waals surface area contributed by atoms with Gasteiger partial charge in [0.15, 0.2) is 0 Å². The molecule has 0 amide bonds. The molecule has 18 N–H and O–H groups in total. The summed E-state index contributed by atoms with van der Waals surface area (Å²) in [5.74, 6) is -2.80. The average molecular weight is 531 g/mol. The third-order valence-electron chi connectivity index (χ3n) is 4.28. The third-order valence-corrected chi connectivity index (χ3v) is 4.28. The summed E-state index contributed by atoms with van der Waals surface area (Å²) in [6.07, 6.45) is 5.54. The molecule has 0 aliphatic rings. The summed E-state index contributed by atoms with van der Waals surface area (Å²) in [6.45, 7) is 1.08. The molecule has 0 aliphatic carbocycles. The Morgan fingerprint density at radius 2 is 0.750 bits per heavy atom. The Hall–Kier alpha value is -1.95. The largest absolute Gasteiger partial charge is 0.480 e. The molecule has 0 fully saturated rings. The molecule has 0 radical (unpaired) electrons. The van der Waals surface area contributed by atoms with Crippen molar-refractivity contribution in [2.24, 2.45) is 34.4 Å². The highest BCUT2D eigenvalue weighted by Gasteiger charge is 2.10. The summed E-state index contributed by atoms with van der Waals surface area (Å²) in [7, 11) is 0. The number of carboxylic acid groups (broad SMARTS) is 3. The molecule has 0 aliphatic heterocycles. The van der Waals surface area contributed by atoms with Crippen LogP contribution in [0.1, 0.15) is 57.8 Å². The van der Waals surface area contributed by atoms with Crippen LogP contribution in [0.2, 0.25) is 0 Å². The Bertz CT molecular complexity index is 452. The molecule has 0 saturated heterocycles. The van der Waals surface area contributed by atoms with Gasteiger partial charge in [0, 0.05) is 0 Å². The normalized spacial score (nSPS) is 12.5. The Morgan fingerprint density at radius 3 is 0.861 bits per heavy atom. The van der Waals surface area contributed by atoms with Crippen molar-refractivity contribution < 1.29 is 45.0 Å². The van der Waals surface area contributed by atoms with Crippen LogP contribution >= 0.6 is 0 Å². The zero-order valence-corrected chi connectivity index (χ0v) is 21.1. The quantitative estimate of drug-likeness (QED) is 0.0828. The van der Waals surface area contributed by atoms with Crippen molar-refractivity contribution >= 4 is 17.9 Å². The van der Waals surface area contributed by atoms with Crippen molar-refractivity contribution in [1.82, 2.24) is 0 Å². The molecule has 3 atom stereocenters. The number of rotatable bonds is 17. The van der Waals surface area contributed by atoms with Crippen LogP contribution in [-0.2, 0) is 14.4 Å². The van der Waals surface area contributed by atoms with Crippen LogP contribution in [0, 0.1) is 0 Å². The first-order chi connectivity index (χ1) is 16.9. The van der Waals surface area contributed by atoms with E-state index in [0.29, 0.717) is 38.9 Å². The van der Waals surface area contributed by atoms with Crippen molar-refractivity contribution in [3.63, 3.8) is 0 Å². The summed E-state index contributed by atoms with van der Waals surface area (Å²) in [4.78, 5) is 30.4. The summed E-state index contributed by atoms with van der Waals surface area (Å²) < 4.78 is 0. The fraction of sp³-hybridized carbons (Fsp3) is 0.857. The topological polar surface area (TPSA) is 329 Å². The Kier molecular flexibility index (Phi) is 35.6. The van der Waals surface area contributed by atoms with Gasteiger partial charge in [0.25, 0.3) is 0 Å². The Balaban J connectivity index is -0.000000193. The number of hydrogen-bond donors (Lipinski definition) is 12. The van der Waals surface area contributed by atoms with Gasteiger partial charge < -0.3 is 65.0 Å². The molecular weight excluding hydrogens is 480 g/mol. The number of carboxylic acids is 3. The van der Waals surface area contributed by atoms with Crippen LogP contribution in [0.15, 0.2) is 0 Å². The lowest BCUT2D eigenvalue weighted by molar-refractivity contribution is -0.139. The Morgan fingerprint density at radius 1 is 0.528 bits per heavy atom. The minimum atomic E-state index is -0.954. The van der Waals surface area contributed by atoms with Gasteiger partial charge in [-0.2, -0.15) is 0 Å². The van der Waals surface area contributed by atoms with Crippen molar-refractivity contribution in [1.29, 1.82) is 0 Å². The summed E-state index contributed by atoms with van der Waals surface area (Å²) >= 11 is 0. The monoisotopic (exact) mass is 530 g/mol. The second-order valence-corrected chi connectivity index (χ2v) is 7.71. The van der Waals surface area contributed by atoms with Crippen LogP contribution in [0.25, 0.3) is 0 Å². The lowest BCUT2D eigenvalue weighted by Gasteiger charge is -2.03. The first kappa shape index (κ1) is 41.2. The van der Waals surface area contributed by atoms with Crippen LogP contribution in [-0.4, -0.2) is 106 Å². The van der Waals surface area contributed by atoms with Gasteiger partial charge in [0.2, 0.25) is 0 Å². The van der Waals surface area contributed by atoms with Gasteiger partial charge >= 0.3 is 17.9 Å². The highest BCUT2D eigenvalue weighted by Crippen LogP contribution is 1.98. The predicted molar refractivity (Wildman–Crippen MR) is 136 cm³/mol. The summed E-state index contributed by atoms with van der Waals surface area (Å²) in [5.41, 5.74) is 31.3. The van der Waals surface area contributed by atoms with E-state index in [2.05, 4.69) is 0 Å². The molecule has 0 heterocycles. The van der Waals surface area contributed by atoms with Crippen LogP contribution in [0.3, 0.4) is 0 Å². The second kappa shape index (κ2) is 31.1. The first-order valence-corrected chi connectivity index (χ1v) is 11.8. The van der Waals surface area contributed by atoms with E-state index in [1.807, 2.05) is 0 Å². The molecule has 36 heavy (non-hydrogen) atoms. The molecule has 0 aromatic rings. The van der Waals surface area contributed by atoms with Crippen LogP contribution in [0.4, 0.5) is 0 Å². The number of aliphatic hydroxyl groups is 3. The van der Waals surface area contributed by atoms with Gasteiger partial charge in [-0.15, -0.1) is 0 Å². The third kappa shape index (κ3) is 36.6. The second-order valence-electron chi connectivity index (χ2n) is 7.71. The van der Waals surface area contributed by atoms with E-state index in [-0.39, 0.29) is 13.2 Å². The minimum absolute atomic E-state index is 0.365. The number of aliphatic hydroxyl groups excluding tert-OH is 3. The van der Waals surface area contributed by atoms with Crippen molar-refractivity contribution in [2.75, 3.05) is 32.8 Å². The van der Waals surface area contributed by atoms with Crippen molar-refractivity contribution in [3.8, 4) is 0 Å². The van der Waals surface area contributed by atoms with Gasteiger partial charge in [-0.3, -0.25) is 14.4 Å². The van der Waals surface area contributed by atoms with Gasteiger partial charge in [-0.05, 0) is 58.2 Å². The Labute approximate surface area is 212 Å². The maximum atomic E-state index is 10.1. The molecule has 0 rings (SSSR count). The van der Waals surface area contributed by atoms with Gasteiger partial charge in [0.05, 0.1) is 13.2 Å². The molecule has 15 heteroatoms. The fourth-order valence-electron chi connectivity index (χ4n) is 1.95. The molecule has 0 aromatic carbocycles. The molecule has 0 saturated carbocycles. The van der Waals surface area contributed by atoms with E-state index in [1.165, 1.54) is 0 Å². The number of aliphatic carboxylic acids is 3. The van der Waals surface area contributed by atoms with Crippen LogP contribution < -0.4 is 34.4 Å². The van der Waals surface area contributed by atoms with Crippen LogP contribution in [0.5, 0.6) is 0 Å².